The Labute approximate surface area is 126 Å². The van der Waals surface area contributed by atoms with Crippen LogP contribution < -0.4 is 11.1 Å². The van der Waals surface area contributed by atoms with Crippen molar-refractivity contribution in [1.82, 2.24) is 5.32 Å². The molecule has 2 rings (SSSR count). The first-order valence-electron chi connectivity index (χ1n) is 7.14. The molecule has 2 aromatic carbocycles. The highest BCUT2D eigenvalue weighted by atomic mass is 16.2. The zero-order valence-corrected chi connectivity index (χ0v) is 12.8. The summed E-state index contributed by atoms with van der Waals surface area (Å²) in [4.78, 5) is 12.5. The molecule has 0 aliphatic carbocycles. The topological polar surface area (TPSA) is 55.1 Å². The highest BCUT2D eigenvalue weighted by molar-refractivity contribution is 5.87. The van der Waals surface area contributed by atoms with Crippen molar-refractivity contribution in [1.29, 1.82) is 0 Å². The molecule has 21 heavy (non-hydrogen) atoms. The fourth-order valence-corrected chi connectivity index (χ4v) is 2.41. The maximum atomic E-state index is 12.5. The number of nitrogens with one attached hydrogen (secondary N) is 1. The predicted octanol–water partition coefficient (Wildman–Crippen LogP) is 3.05. The fourth-order valence-electron chi connectivity index (χ4n) is 2.41. The van der Waals surface area contributed by atoms with E-state index in [1.807, 2.05) is 68.4 Å². The van der Waals surface area contributed by atoms with E-state index in [9.17, 15) is 4.79 Å². The molecule has 0 spiro atoms. The molecule has 2 atom stereocenters. The van der Waals surface area contributed by atoms with Crippen LogP contribution in [0.15, 0.2) is 54.6 Å². The number of amides is 1. The number of aryl methyl sites for hydroxylation is 1. The molecule has 1 unspecified atom stereocenters. The lowest BCUT2D eigenvalue weighted by Crippen LogP contribution is -2.49. The number of nitrogens with two attached hydrogens (primary N) is 1. The van der Waals surface area contributed by atoms with Crippen LogP contribution in [0, 0.1) is 6.92 Å². The van der Waals surface area contributed by atoms with Crippen molar-refractivity contribution in [2.75, 3.05) is 0 Å². The van der Waals surface area contributed by atoms with Gasteiger partial charge in [0.15, 0.2) is 0 Å². The third kappa shape index (κ3) is 3.31. The van der Waals surface area contributed by atoms with Crippen molar-refractivity contribution >= 4 is 5.91 Å². The van der Waals surface area contributed by atoms with E-state index in [1.165, 1.54) is 0 Å². The Bertz CT molecular complexity index is 620. The van der Waals surface area contributed by atoms with Crippen LogP contribution in [0.2, 0.25) is 0 Å². The van der Waals surface area contributed by atoms with Gasteiger partial charge in [-0.1, -0.05) is 54.6 Å². The van der Waals surface area contributed by atoms with Crippen molar-refractivity contribution in [3.63, 3.8) is 0 Å². The van der Waals surface area contributed by atoms with Gasteiger partial charge >= 0.3 is 0 Å². The minimum Gasteiger partial charge on any atom is -0.348 e. The number of hydrogen-bond donors (Lipinski definition) is 2. The molecule has 3 nitrogen and oxygen atoms in total. The molecule has 1 amide bonds. The average Bonchev–Trinajstić information content (AvgIpc) is 2.48. The van der Waals surface area contributed by atoms with Crippen LogP contribution in [-0.4, -0.2) is 5.91 Å². The first-order chi connectivity index (χ1) is 9.93. The molecule has 0 radical (unpaired) electrons. The zero-order valence-electron chi connectivity index (χ0n) is 12.8. The Morgan fingerprint density at radius 1 is 1.10 bits per heavy atom. The third-order valence-corrected chi connectivity index (χ3v) is 3.85. The summed E-state index contributed by atoms with van der Waals surface area (Å²) in [5, 5.41) is 3.01. The van der Waals surface area contributed by atoms with Crippen molar-refractivity contribution < 1.29 is 4.79 Å². The van der Waals surface area contributed by atoms with E-state index in [0.29, 0.717) is 0 Å². The first kappa shape index (κ1) is 15.3. The lowest BCUT2D eigenvalue weighted by atomic mass is 9.91. The van der Waals surface area contributed by atoms with Gasteiger partial charge in [-0.3, -0.25) is 4.79 Å². The van der Waals surface area contributed by atoms with E-state index in [-0.39, 0.29) is 11.9 Å². The summed E-state index contributed by atoms with van der Waals surface area (Å²) >= 11 is 0. The zero-order chi connectivity index (χ0) is 15.5. The average molecular weight is 282 g/mol. The van der Waals surface area contributed by atoms with E-state index < -0.39 is 5.54 Å². The van der Waals surface area contributed by atoms with Crippen molar-refractivity contribution in [3.8, 4) is 0 Å². The number of rotatable bonds is 4. The van der Waals surface area contributed by atoms with E-state index in [4.69, 9.17) is 5.73 Å². The number of benzene rings is 2. The van der Waals surface area contributed by atoms with Gasteiger partial charge in [0.2, 0.25) is 5.91 Å². The second-order valence-electron chi connectivity index (χ2n) is 5.62. The lowest BCUT2D eigenvalue weighted by molar-refractivity contribution is -0.126. The van der Waals surface area contributed by atoms with Gasteiger partial charge < -0.3 is 11.1 Å². The number of hydrogen-bond acceptors (Lipinski definition) is 2. The third-order valence-electron chi connectivity index (χ3n) is 3.85. The highest BCUT2D eigenvalue weighted by Gasteiger charge is 2.31. The van der Waals surface area contributed by atoms with E-state index in [2.05, 4.69) is 5.32 Å². The molecule has 0 bridgehead atoms. The molecule has 110 valence electrons. The Morgan fingerprint density at radius 2 is 1.67 bits per heavy atom. The molecule has 0 aromatic heterocycles. The van der Waals surface area contributed by atoms with Gasteiger partial charge in [0, 0.05) is 0 Å². The molecule has 0 saturated carbocycles. The molecular formula is C18H22N2O. The second-order valence-corrected chi connectivity index (χ2v) is 5.62. The van der Waals surface area contributed by atoms with Crippen LogP contribution >= 0.6 is 0 Å². The smallest absolute Gasteiger partial charge is 0.244 e. The molecule has 3 N–H and O–H groups in total. The monoisotopic (exact) mass is 282 g/mol. The van der Waals surface area contributed by atoms with Gasteiger partial charge in [-0.2, -0.15) is 0 Å². The highest BCUT2D eigenvalue weighted by Crippen LogP contribution is 2.21. The Morgan fingerprint density at radius 3 is 2.29 bits per heavy atom. The summed E-state index contributed by atoms with van der Waals surface area (Å²) in [6.45, 7) is 5.75. The van der Waals surface area contributed by atoms with E-state index in [1.54, 1.807) is 6.92 Å². The van der Waals surface area contributed by atoms with Crippen molar-refractivity contribution in [2.45, 2.75) is 32.4 Å². The summed E-state index contributed by atoms with van der Waals surface area (Å²) in [6.07, 6.45) is 0. The molecule has 0 aliphatic heterocycles. The fraction of sp³-hybridized carbons (Fsp3) is 0.278. The van der Waals surface area contributed by atoms with Crippen LogP contribution in [-0.2, 0) is 10.3 Å². The van der Waals surface area contributed by atoms with E-state index >= 15 is 0 Å². The number of carbonyl (C=O) groups excluding carboxylic acids is 1. The summed E-state index contributed by atoms with van der Waals surface area (Å²) in [5.74, 6) is -0.176. The SMILES string of the molecule is Cc1ccccc1[C@@H](C)NC(=O)C(C)(N)c1ccccc1. The standard InChI is InChI=1S/C18H22N2O/c1-13-9-7-8-12-16(13)14(2)20-17(21)18(3,19)15-10-5-4-6-11-15/h4-12,14H,19H2,1-3H3,(H,20,21)/t14-,18?/m1/s1. The van der Waals surface area contributed by atoms with Crippen LogP contribution in [0.25, 0.3) is 0 Å². The minimum absolute atomic E-state index is 0.0784. The van der Waals surface area contributed by atoms with E-state index in [0.717, 1.165) is 16.7 Å². The van der Waals surface area contributed by atoms with Gasteiger partial charge in [0.1, 0.15) is 5.54 Å². The van der Waals surface area contributed by atoms with Crippen LogP contribution in [0.5, 0.6) is 0 Å². The summed E-state index contributed by atoms with van der Waals surface area (Å²) in [6, 6.07) is 17.4. The number of carbonyl (C=O) groups is 1. The normalized spacial score (nSPS) is 15.0. The summed E-state index contributed by atoms with van der Waals surface area (Å²) in [5.41, 5.74) is 8.26. The maximum Gasteiger partial charge on any atom is 0.244 e. The molecule has 0 aliphatic rings. The molecular weight excluding hydrogens is 260 g/mol. The Balaban J connectivity index is 2.16. The van der Waals surface area contributed by atoms with Crippen LogP contribution in [0.3, 0.4) is 0 Å². The predicted molar refractivity (Wildman–Crippen MR) is 85.7 cm³/mol. The molecule has 0 saturated heterocycles. The van der Waals surface area contributed by atoms with Crippen molar-refractivity contribution in [2.24, 2.45) is 5.73 Å². The summed E-state index contributed by atoms with van der Waals surface area (Å²) in [7, 11) is 0. The Kier molecular flexibility index (Phi) is 4.43. The van der Waals surface area contributed by atoms with Gasteiger partial charge in [-0.25, -0.2) is 0 Å². The quantitative estimate of drug-likeness (QED) is 0.905. The lowest BCUT2D eigenvalue weighted by Gasteiger charge is -2.27. The van der Waals surface area contributed by atoms with Gasteiger partial charge in [-0.15, -0.1) is 0 Å². The maximum absolute atomic E-state index is 12.5. The Hall–Kier alpha value is -2.13. The van der Waals surface area contributed by atoms with Gasteiger partial charge in [0.05, 0.1) is 6.04 Å². The molecule has 2 aromatic rings. The molecule has 0 heterocycles. The van der Waals surface area contributed by atoms with Gasteiger partial charge in [-0.05, 0) is 37.5 Å². The largest absolute Gasteiger partial charge is 0.348 e. The van der Waals surface area contributed by atoms with Crippen LogP contribution in [0.4, 0.5) is 0 Å². The molecule has 3 heteroatoms. The van der Waals surface area contributed by atoms with Crippen molar-refractivity contribution in [3.05, 3.63) is 71.3 Å². The second kappa shape index (κ2) is 6.10. The first-order valence-corrected chi connectivity index (χ1v) is 7.14. The van der Waals surface area contributed by atoms with Crippen LogP contribution in [0.1, 0.15) is 36.6 Å². The van der Waals surface area contributed by atoms with Gasteiger partial charge in [0.25, 0.3) is 0 Å². The molecule has 0 fully saturated rings. The summed E-state index contributed by atoms with van der Waals surface area (Å²) < 4.78 is 0. The minimum atomic E-state index is -1.04.